The number of aromatic nitrogens is 2. The summed E-state index contributed by atoms with van der Waals surface area (Å²) in [6.07, 6.45) is 4.77. The summed E-state index contributed by atoms with van der Waals surface area (Å²) in [4.78, 5) is 15.1. The first-order valence-corrected chi connectivity index (χ1v) is 9.79. The fourth-order valence-corrected chi connectivity index (χ4v) is 4.44. The quantitative estimate of drug-likeness (QED) is 0.851. The molecule has 1 amide bonds. The average molecular weight is 393 g/mol. The molecule has 2 aromatic rings. The number of amides is 1. The SMILES string of the molecule is Cn1cc(C(=O)N2CCc3c(ccc(Cl)c3Cl)C2)c(C2CCCNC2)n1. The largest absolute Gasteiger partial charge is 0.334 e. The zero-order valence-electron chi connectivity index (χ0n) is 14.8. The number of piperidine rings is 1. The Hall–Kier alpha value is -1.56. The van der Waals surface area contributed by atoms with Crippen molar-refractivity contribution >= 4 is 29.1 Å². The number of benzene rings is 1. The van der Waals surface area contributed by atoms with Crippen LogP contribution in [0, 0.1) is 0 Å². The summed E-state index contributed by atoms with van der Waals surface area (Å²) in [5.74, 6) is 0.352. The van der Waals surface area contributed by atoms with Gasteiger partial charge in [0.15, 0.2) is 0 Å². The number of nitrogens with zero attached hydrogens (tertiary/aromatic N) is 3. The van der Waals surface area contributed by atoms with Crippen molar-refractivity contribution in [1.29, 1.82) is 0 Å². The normalized spacial score (nSPS) is 20.1. The smallest absolute Gasteiger partial charge is 0.257 e. The Morgan fingerprint density at radius 1 is 1.35 bits per heavy atom. The minimum absolute atomic E-state index is 0.0513. The molecule has 4 rings (SSSR count). The second kappa shape index (κ2) is 7.22. The van der Waals surface area contributed by atoms with Crippen molar-refractivity contribution in [2.24, 2.45) is 7.05 Å². The topological polar surface area (TPSA) is 50.2 Å². The molecule has 0 bridgehead atoms. The number of rotatable bonds is 2. The van der Waals surface area contributed by atoms with Crippen molar-refractivity contribution in [3.05, 3.63) is 50.8 Å². The van der Waals surface area contributed by atoms with Gasteiger partial charge in [0.2, 0.25) is 0 Å². The van der Waals surface area contributed by atoms with Gasteiger partial charge in [-0.15, -0.1) is 0 Å². The van der Waals surface area contributed by atoms with E-state index in [9.17, 15) is 4.79 Å². The van der Waals surface area contributed by atoms with Crippen molar-refractivity contribution in [2.75, 3.05) is 19.6 Å². The number of hydrogen-bond donors (Lipinski definition) is 1. The van der Waals surface area contributed by atoms with Crippen LogP contribution in [0.4, 0.5) is 0 Å². The number of hydrogen-bond acceptors (Lipinski definition) is 3. The van der Waals surface area contributed by atoms with Crippen LogP contribution in [0.3, 0.4) is 0 Å². The van der Waals surface area contributed by atoms with Gasteiger partial charge in [0.05, 0.1) is 21.3 Å². The highest BCUT2D eigenvalue weighted by molar-refractivity contribution is 6.42. The third kappa shape index (κ3) is 3.24. The first-order chi connectivity index (χ1) is 12.5. The molecule has 2 aliphatic rings. The van der Waals surface area contributed by atoms with Crippen LogP contribution < -0.4 is 5.32 Å². The summed E-state index contributed by atoms with van der Waals surface area (Å²) in [5, 5.41) is 9.21. The van der Waals surface area contributed by atoms with E-state index in [0.717, 1.165) is 54.7 Å². The maximum atomic E-state index is 13.2. The molecular weight excluding hydrogens is 371 g/mol. The van der Waals surface area contributed by atoms with Crippen LogP contribution in [0.5, 0.6) is 0 Å². The van der Waals surface area contributed by atoms with Gasteiger partial charge in [0.25, 0.3) is 5.91 Å². The van der Waals surface area contributed by atoms with Gasteiger partial charge in [-0.05, 0) is 43.0 Å². The Morgan fingerprint density at radius 3 is 2.96 bits per heavy atom. The van der Waals surface area contributed by atoms with Crippen LogP contribution in [0.2, 0.25) is 10.0 Å². The molecule has 1 fully saturated rings. The monoisotopic (exact) mass is 392 g/mol. The van der Waals surface area contributed by atoms with E-state index in [1.165, 1.54) is 0 Å². The van der Waals surface area contributed by atoms with E-state index < -0.39 is 0 Å². The number of aryl methyl sites for hydroxylation is 1. The number of halogens is 2. The molecule has 26 heavy (non-hydrogen) atoms. The third-order valence-corrected chi connectivity index (χ3v) is 6.19. The average Bonchev–Trinajstić information content (AvgIpc) is 3.06. The maximum absolute atomic E-state index is 13.2. The lowest BCUT2D eigenvalue weighted by Gasteiger charge is -2.30. The first-order valence-electron chi connectivity index (χ1n) is 9.04. The molecule has 1 saturated heterocycles. The summed E-state index contributed by atoms with van der Waals surface area (Å²) in [6.45, 7) is 3.12. The molecule has 0 saturated carbocycles. The van der Waals surface area contributed by atoms with Crippen molar-refractivity contribution in [2.45, 2.75) is 31.7 Å². The summed E-state index contributed by atoms with van der Waals surface area (Å²) >= 11 is 12.5. The van der Waals surface area contributed by atoms with Crippen molar-refractivity contribution in [3.8, 4) is 0 Å². The standard InChI is InChI=1S/C19H22Cl2N4O/c1-24-11-15(18(23-24)12-3-2-7-22-9-12)19(26)25-8-6-14-13(10-25)4-5-16(20)17(14)21/h4-5,11-12,22H,2-3,6-10H2,1H3. The molecule has 0 spiro atoms. The predicted octanol–water partition coefficient (Wildman–Crippen LogP) is 3.39. The molecule has 1 atom stereocenters. The number of fused-ring (bicyclic) bond motifs is 1. The van der Waals surface area contributed by atoms with E-state index in [1.54, 1.807) is 10.7 Å². The molecule has 5 nitrogen and oxygen atoms in total. The second-order valence-corrected chi connectivity index (χ2v) is 7.91. The van der Waals surface area contributed by atoms with E-state index >= 15 is 0 Å². The highest BCUT2D eigenvalue weighted by atomic mass is 35.5. The minimum Gasteiger partial charge on any atom is -0.334 e. The molecule has 1 aromatic carbocycles. The summed E-state index contributed by atoms with van der Waals surface area (Å²) in [6, 6.07) is 3.78. The fraction of sp³-hybridized carbons (Fsp3) is 0.474. The number of carbonyl (C=O) groups is 1. The Labute approximate surface area is 163 Å². The van der Waals surface area contributed by atoms with E-state index in [4.69, 9.17) is 23.2 Å². The lowest BCUT2D eigenvalue weighted by atomic mass is 9.93. The van der Waals surface area contributed by atoms with Crippen LogP contribution in [-0.4, -0.2) is 40.2 Å². The molecule has 1 aromatic heterocycles. The number of carbonyl (C=O) groups excluding carboxylic acids is 1. The van der Waals surface area contributed by atoms with Crippen LogP contribution in [0.1, 0.15) is 45.9 Å². The Balaban J connectivity index is 1.60. The van der Waals surface area contributed by atoms with Crippen molar-refractivity contribution in [1.82, 2.24) is 20.0 Å². The summed E-state index contributed by atoms with van der Waals surface area (Å²) in [7, 11) is 1.88. The fourth-order valence-electron chi connectivity index (χ4n) is 3.98. The van der Waals surface area contributed by atoms with Gasteiger partial charge in [-0.1, -0.05) is 29.3 Å². The highest BCUT2D eigenvalue weighted by Crippen LogP contribution is 2.33. The van der Waals surface area contributed by atoms with Gasteiger partial charge < -0.3 is 10.2 Å². The van der Waals surface area contributed by atoms with Crippen molar-refractivity contribution in [3.63, 3.8) is 0 Å². The van der Waals surface area contributed by atoms with E-state index in [1.807, 2.05) is 24.2 Å². The van der Waals surface area contributed by atoms with Gasteiger partial charge in [-0.3, -0.25) is 9.48 Å². The minimum atomic E-state index is 0.0513. The van der Waals surface area contributed by atoms with Gasteiger partial charge in [0, 0.05) is 38.8 Å². The zero-order valence-corrected chi connectivity index (χ0v) is 16.3. The van der Waals surface area contributed by atoms with E-state index in [0.29, 0.717) is 29.1 Å². The Bertz CT molecular complexity index is 842. The number of nitrogens with one attached hydrogen (secondary N) is 1. The lowest BCUT2D eigenvalue weighted by molar-refractivity contribution is 0.0733. The van der Waals surface area contributed by atoms with Gasteiger partial charge in [-0.2, -0.15) is 5.10 Å². The molecule has 1 N–H and O–H groups in total. The Morgan fingerprint density at radius 2 is 2.19 bits per heavy atom. The van der Waals surface area contributed by atoms with Crippen LogP contribution in [0.25, 0.3) is 0 Å². The Kier molecular flexibility index (Phi) is 4.95. The molecule has 7 heteroatoms. The van der Waals surface area contributed by atoms with Crippen LogP contribution >= 0.6 is 23.2 Å². The third-order valence-electron chi connectivity index (χ3n) is 5.34. The van der Waals surface area contributed by atoms with E-state index in [2.05, 4.69) is 10.4 Å². The van der Waals surface area contributed by atoms with Gasteiger partial charge in [0.1, 0.15) is 0 Å². The molecule has 3 heterocycles. The predicted molar refractivity (Wildman–Crippen MR) is 103 cm³/mol. The van der Waals surface area contributed by atoms with Crippen LogP contribution in [0.15, 0.2) is 18.3 Å². The molecule has 1 unspecified atom stereocenters. The summed E-state index contributed by atoms with van der Waals surface area (Å²) in [5.41, 5.74) is 3.78. The van der Waals surface area contributed by atoms with E-state index in [-0.39, 0.29) is 5.91 Å². The van der Waals surface area contributed by atoms with Gasteiger partial charge in [-0.25, -0.2) is 0 Å². The molecule has 138 valence electrons. The van der Waals surface area contributed by atoms with Crippen LogP contribution in [-0.2, 0) is 20.0 Å². The summed E-state index contributed by atoms with van der Waals surface area (Å²) < 4.78 is 1.76. The maximum Gasteiger partial charge on any atom is 0.257 e. The zero-order chi connectivity index (χ0) is 18.3. The molecule has 0 aliphatic carbocycles. The lowest BCUT2D eigenvalue weighted by Crippen LogP contribution is -2.37. The van der Waals surface area contributed by atoms with Crippen molar-refractivity contribution < 1.29 is 4.79 Å². The first kappa shape index (κ1) is 17.8. The molecule has 2 aliphatic heterocycles. The molecular formula is C19H22Cl2N4O. The van der Waals surface area contributed by atoms with Gasteiger partial charge >= 0.3 is 0 Å². The highest BCUT2D eigenvalue weighted by Gasteiger charge is 2.30. The second-order valence-electron chi connectivity index (χ2n) is 7.12. The molecule has 0 radical (unpaired) electrons.